The molecule has 0 aromatic carbocycles. The highest BCUT2D eigenvalue weighted by Gasteiger charge is 2.29. The average Bonchev–Trinajstić information content (AvgIpc) is 3.28. The molecular weight excluding hydrogens is 821 g/mol. The molecule has 0 aliphatic carbocycles. The summed E-state index contributed by atoms with van der Waals surface area (Å²) in [6.07, 6.45) is 36.2. The third-order valence-corrected chi connectivity index (χ3v) is 12.5. The standard InChI is InChI=1S/C49H96N4O9S/c1-3-5-7-9-11-13-15-17-19-21-23-25-27-29-31-35-50-47(59)61-40-44(39-52-45(57)33-37-63-38-34-46(58)53-49(41-54,42-55)43-56)62-48(60)51-36-32-30-28-26-24-22-20-18-16-14-12-10-8-6-4-2/h44,54-56H,3-43H2,1-2H3,(H,50,59)(H,51,60)(H,52,57)(H,53,58). The van der Waals surface area contributed by atoms with Crippen molar-refractivity contribution < 1.29 is 44.0 Å². The molecule has 14 heteroatoms. The van der Waals surface area contributed by atoms with E-state index in [-0.39, 0.29) is 31.9 Å². The summed E-state index contributed by atoms with van der Waals surface area (Å²) in [7, 11) is 0. The number of amides is 4. The van der Waals surface area contributed by atoms with Gasteiger partial charge >= 0.3 is 12.2 Å². The molecule has 0 bridgehead atoms. The third kappa shape index (κ3) is 40.9. The monoisotopic (exact) mass is 917 g/mol. The first-order valence-electron chi connectivity index (χ1n) is 25.6. The first kappa shape index (κ1) is 60.7. The average molecular weight is 917 g/mol. The van der Waals surface area contributed by atoms with Crippen molar-refractivity contribution in [3.8, 4) is 0 Å². The molecule has 1 unspecified atom stereocenters. The van der Waals surface area contributed by atoms with Crippen LogP contribution in [0.15, 0.2) is 0 Å². The van der Waals surface area contributed by atoms with Gasteiger partial charge in [0.05, 0.1) is 26.4 Å². The van der Waals surface area contributed by atoms with Gasteiger partial charge in [0.25, 0.3) is 0 Å². The quantitative estimate of drug-likeness (QED) is 0.0289. The number of aliphatic hydroxyl groups excluding tert-OH is 3. The maximum atomic E-state index is 12.7. The Balaban J connectivity index is 4.44. The minimum absolute atomic E-state index is 0.0316. The van der Waals surface area contributed by atoms with Crippen LogP contribution in [-0.2, 0) is 19.1 Å². The van der Waals surface area contributed by atoms with Crippen LogP contribution in [0.5, 0.6) is 0 Å². The number of ether oxygens (including phenoxy) is 2. The molecule has 63 heavy (non-hydrogen) atoms. The van der Waals surface area contributed by atoms with Crippen LogP contribution >= 0.6 is 11.8 Å². The predicted octanol–water partition coefficient (Wildman–Crippen LogP) is 10.0. The summed E-state index contributed by atoms with van der Waals surface area (Å²) in [5.74, 6) is 0.107. The van der Waals surface area contributed by atoms with E-state index in [4.69, 9.17) is 9.47 Å². The van der Waals surface area contributed by atoms with Crippen molar-refractivity contribution in [1.82, 2.24) is 21.3 Å². The Morgan fingerprint density at radius 2 is 0.825 bits per heavy atom. The number of unbranched alkanes of at least 4 members (excludes halogenated alkanes) is 28. The zero-order chi connectivity index (χ0) is 46.3. The minimum atomic E-state index is -1.47. The number of alkyl carbamates (subject to hydrolysis) is 2. The van der Waals surface area contributed by atoms with Crippen LogP contribution in [-0.4, -0.2) is 109 Å². The lowest BCUT2D eigenvalue weighted by Crippen LogP contribution is -2.57. The van der Waals surface area contributed by atoms with Crippen molar-refractivity contribution in [3.63, 3.8) is 0 Å². The van der Waals surface area contributed by atoms with Gasteiger partial charge in [-0.25, -0.2) is 9.59 Å². The highest BCUT2D eigenvalue weighted by molar-refractivity contribution is 7.99. The fraction of sp³-hybridized carbons (Fsp3) is 0.918. The molecule has 0 aromatic heterocycles. The Morgan fingerprint density at radius 1 is 0.476 bits per heavy atom. The summed E-state index contributed by atoms with van der Waals surface area (Å²) in [6.45, 7) is 3.47. The van der Waals surface area contributed by atoms with E-state index in [1.54, 1.807) is 0 Å². The second-order valence-corrected chi connectivity index (χ2v) is 18.8. The van der Waals surface area contributed by atoms with Crippen LogP contribution < -0.4 is 21.3 Å². The molecule has 4 amide bonds. The van der Waals surface area contributed by atoms with Gasteiger partial charge in [-0.05, 0) is 12.8 Å². The Bertz CT molecular complexity index is 1060. The van der Waals surface area contributed by atoms with Crippen molar-refractivity contribution in [2.75, 3.05) is 57.6 Å². The normalized spacial score (nSPS) is 11.9. The van der Waals surface area contributed by atoms with Crippen LogP contribution in [0, 0.1) is 0 Å². The number of thioether (sulfide) groups is 1. The van der Waals surface area contributed by atoms with Gasteiger partial charge in [-0.1, -0.05) is 194 Å². The lowest BCUT2D eigenvalue weighted by atomic mass is 10.0. The molecule has 13 nitrogen and oxygen atoms in total. The fourth-order valence-electron chi connectivity index (χ4n) is 7.30. The Hall–Kier alpha value is -2.29. The molecule has 0 aliphatic heterocycles. The molecule has 1 atom stereocenters. The molecule has 0 fully saturated rings. The zero-order valence-corrected chi connectivity index (χ0v) is 41.1. The van der Waals surface area contributed by atoms with Crippen molar-refractivity contribution in [1.29, 1.82) is 0 Å². The van der Waals surface area contributed by atoms with Crippen molar-refractivity contribution in [3.05, 3.63) is 0 Å². The number of carbonyl (C=O) groups excluding carboxylic acids is 4. The summed E-state index contributed by atoms with van der Waals surface area (Å²) in [5, 5.41) is 39.0. The summed E-state index contributed by atoms with van der Waals surface area (Å²) < 4.78 is 11.0. The van der Waals surface area contributed by atoms with E-state index in [0.717, 1.165) is 38.5 Å². The summed E-state index contributed by atoms with van der Waals surface area (Å²) >= 11 is 1.38. The second-order valence-electron chi connectivity index (χ2n) is 17.6. The van der Waals surface area contributed by atoms with Crippen molar-refractivity contribution in [2.24, 2.45) is 0 Å². The maximum Gasteiger partial charge on any atom is 0.407 e. The topological polar surface area (TPSA) is 196 Å². The maximum absolute atomic E-state index is 12.7. The van der Waals surface area contributed by atoms with E-state index in [1.165, 1.54) is 166 Å². The highest BCUT2D eigenvalue weighted by Crippen LogP contribution is 2.15. The van der Waals surface area contributed by atoms with Gasteiger partial charge in [0.2, 0.25) is 11.8 Å². The highest BCUT2D eigenvalue weighted by atomic mass is 32.2. The van der Waals surface area contributed by atoms with Crippen molar-refractivity contribution in [2.45, 2.75) is 231 Å². The Kier molecular flexibility index (Phi) is 44.6. The third-order valence-electron chi connectivity index (χ3n) is 11.6. The largest absolute Gasteiger partial charge is 0.446 e. The number of nitrogens with one attached hydrogen (secondary N) is 4. The Labute approximate surface area is 388 Å². The summed E-state index contributed by atoms with van der Waals surface area (Å²) in [4.78, 5) is 50.0. The smallest absolute Gasteiger partial charge is 0.407 e. The molecule has 0 aromatic rings. The predicted molar refractivity (Wildman–Crippen MR) is 259 cm³/mol. The van der Waals surface area contributed by atoms with Crippen molar-refractivity contribution >= 4 is 35.8 Å². The van der Waals surface area contributed by atoms with E-state index in [2.05, 4.69) is 35.1 Å². The molecule has 0 aliphatic rings. The number of hydrogen-bond acceptors (Lipinski definition) is 10. The van der Waals surface area contributed by atoms with Gasteiger partial charge in [0.15, 0.2) is 6.10 Å². The molecule has 0 saturated carbocycles. The first-order valence-corrected chi connectivity index (χ1v) is 26.7. The molecule has 0 rings (SSSR count). The number of hydrogen-bond donors (Lipinski definition) is 7. The second kappa shape index (κ2) is 46.2. The SMILES string of the molecule is CCCCCCCCCCCCCCCCCNC(=O)OCC(CNC(=O)CCSCCC(=O)NC(CO)(CO)CO)OC(=O)NCCCCCCCCCCCCCCCCC. The number of aliphatic hydroxyl groups is 3. The Morgan fingerprint density at radius 3 is 1.21 bits per heavy atom. The van der Waals surface area contributed by atoms with Crippen LogP contribution in [0.1, 0.15) is 219 Å². The molecule has 0 saturated heterocycles. The number of carbonyl (C=O) groups is 4. The molecular formula is C49H96N4O9S. The van der Waals surface area contributed by atoms with E-state index < -0.39 is 49.6 Å². The molecule has 0 radical (unpaired) electrons. The molecule has 0 spiro atoms. The van der Waals surface area contributed by atoms with Crippen LogP contribution in [0.4, 0.5) is 9.59 Å². The molecule has 0 heterocycles. The summed E-state index contributed by atoms with van der Waals surface area (Å²) in [5.41, 5.74) is -1.47. The lowest BCUT2D eigenvalue weighted by Gasteiger charge is -2.28. The van der Waals surface area contributed by atoms with Crippen LogP contribution in [0.2, 0.25) is 0 Å². The van der Waals surface area contributed by atoms with Gasteiger partial charge in [0.1, 0.15) is 12.1 Å². The minimum Gasteiger partial charge on any atom is -0.446 e. The van der Waals surface area contributed by atoms with Gasteiger partial charge in [-0.15, -0.1) is 0 Å². The first-order chi connectivity index (χ1) is 30.7. The van der Waals surface area contributed by atoms with E-state index in [0.29, 0.717) is 24.6 Å². The summed E-state index contributed by atoms with van der Waals surface area (Å²) in [6, 6.07) is 0. The fourth-order valence-corrected chi connectivity index (χ4v) is 8.16. The molecule has 7 N–H and O–H groups in total. The van der Waals surface area contributed by atoms with Crippen LogP contribution in [0.25, 0.3) is 0 Å². The van der Waals surface area contributed by atoms with Gasteiger partial charge in [-0.2, -0.15) is 11.8 Å². The van der Waals surface area contributed by atoms with E-state index in [1.807, 2.05) is 0 Å². The van der Waals surface area contributed by atoms with Gasteiger partial charge in [-0.3, -0.25) is 9.59 Å². The van der Waals surface area contributed by atoms with Gasteiger partial charge < -0.3 is 46.1 Å². The van der Waals surface area contributed by atoms with E-state index in [9.17, 15) is 34.5 Å². The number of rotatable bonds is 47. The van der Waals surface area contributed by atoms with Gasteiger partial charge in [0, 0.05) is 37.4 Å². The zero-order valence-electron chi connectivity index (χ0n) is 40.3. The van der Waals surface area contributed by atoms with Crippen LogP contribution in [0.3, 0.4) is 0 Å². The lowest BCUT2D eigenvalue weighted by molar-refractivity contribution is -0.125. The van der Waals surface area contributed by atoms with E-state index >= 15 is 0 Å². The molecule has 372 valence electrons.